The Morgan fingerprint density at radius 3 is 2.71 bits per heavy atom. The van der Waals surface area contributed by atoms with E-state index in [0.29, 0.717) is 47.8 Å². The van der Waals surface area contributed by atoms with Gasteiger partial charge in [0, 0.05) is 68.0 Å². The van der Waals surface area contributed by atoms with Crippen molar-refractivity contribution < 1.29 is 28.6 Å². The minimum Gasteiger partial charge on any atom is -0.496 e. The number of nitrogens with zero attached hydrogens (tertiary/aromatic N) is 4. The summed E-state index contributed by atoms with van der Waals surface area (Å²) < 4.78 is 19.5. The normalized spacial score (nSPS) is 18.2. The van der Waals surface area contributed by atoms with E-state index in [1.165, 1.54) is 6.20 Å². The number of carbonyl (C=O) groups excluding carboxylic acids is 3. The third kappa shape index (κ3) is 6.90. The highest BCUT2D eigenvalue weighted by Crippen LogP contribution is 2.28. The van der Waals surface area contributed by atoms with Gasteiger partial charge in [-0.25, -0.2) is 0 Å². The molecular weight excluding hydrogens is 576 g/mol. The number of amides is 3. The van der Waals surface area contributed by atoms with Crippen molar-refractivity contribution in [1.82, 2.24) is 30.3 Å². The Bertz CT molecular complexity index is 1720. The van der Waals surface area contributed by atoms with Crippen molar-refractivity contribution in [2.45, 2.75) is 31.5 Å². The zero-order valence-corrected chi connectivity index (χ0v) is 25.1. The van der Waals surface area contributed by atoms with Crippen LogP contribution in [0.4, 0.5) is 0 Å². The van der Waals surface area contributed by atoms with E-state index in [0.717, 1.165) is 16.8 Å². The first-order valence-corrected chi connectivity index (χ1v) is 14.7. The number of aryl methyl sites for hydroxylation is 2. The number of hydrogen-bond donors (Lipinski definition) is 2. The molecule has 2 atom stereocenters. The van der Waals surface area contributed by atoms with Gasteiger partial charge in [-0.05, 0) is 48.4 Å². The molecule has 0 saturated carbocycles. The average molecular weight is 611 g/mol. The van der Waals surface area contributed by atoms with Gasteiger partial charge in [-0.2, -0.15) is 5.10 Å². The lowest BCUT2D eigenvalue weighted by molar-refractivity contribution is -0.130. The van der Waals surface area contributed by atoms with E-state index >= 15 is 0 Å². The highest BCUT2D eigenvalue weighted by atomic mass is 16.5. The van der Waals surface area contributed by atoms with Crippen molar-refractivity contribution in [2.75, 3.05) is 26.8 Å². The lowest BCUT2D eigenvalue weighted by Crippen LogP contribution is -2.45. The monoisotopic (exact) mass is 610 g/mol. The van der Waals surface area contributed by atoms with Crippen molar-refractivity contribution in [3.63, 3.8) is 0 Å². The van der Waals surface area contributed by atoms with Gasteiger partial charge in [-0.15, -0.1) is 0 Å². The van der Waals surface area contributed by atoms with Gasteiger partial charge >= 0.3 is 0 Å². The predicted molar refractivity (Wildman–Crippen MR) is 164 cm³/mol. The molecule has 45 heavy (non-hydrogen) atoms. The van der Waals surface area contributed by atoms with Crippen LogP contribution in [0.2, 0.25) is 0 Å². The van der Waals surface area contributed by atoms with E-state index in [1.54, 1.807) is 59.4 Å². The molecule has 7 rings (SSSR count). The Balaban J connectivity index is 1.29. The number of fused-ring (bicyclic) bond motifs is 7. The third-order valence-electron chi connectivity index (χ3n) is 8.01. The van der Waals surface area contributed by atoms with E-state index in [1.807, 2.05) is 31.3 Å². The molecule has 6 bridgehead atoms. The second kappa shape index (κ2) is 13.1. The highest BCUT2D eigenvalue weighted by Gasteiger charge is 2.38. The number of pyridine rings is 1. The van der Waals surface area contributed by atoms with Gasteiger partial charge in [0.2, 0.25) is 5.91 Å². The number of aromatic nitrogens is 3. The van der Waals surface area contributed by atoms with Crippen LogP contribution in [0.3, 0.4) is 0 Å². The van der Waals surface area contributed by atoms with Crippen LogP contribution in [0, 0.1) is 0 Å². The minimum absolute atomic E-state index is 0.0403. The van der Waals surface area contributed by atoms with Crippen molar-refractivity contribution in [2.24, 2.45) is 7.05 Å². The van der Waals surface area contributed by atoms with Crippen LogP contribution in [0.1, 0.15) is 28.0 Å². The molecule has 3 aliphatic heterocycles. The SMILES string of the molecule is COc1cc2ccc1CNC(=O)COc1cccc(c1)-c1cncc(c1)C(=O)N[C@H]1CN(C(=O)CCc3ccnn3C)C[C@@H]1O2. The summed E-state index contributed by atoms with van der Waals surface area (Å²) in [5.41, 5.74) is 3.57. The van der Waals surface area contributed by atoms with Gasteiger partial charge in [-0.3, -0.25) is 24.0 Å². The molecule has 0 radical (unpaired) electrons. The van der Waals surface area contributed by atoms with E-state index in [9.17, 15) is 14.4 Å². The first-order chi connectivity index (χ1) is 21.9. The van der Waals surface area contributed by atoms with Crippen molar-refractivity contribution in [3.8, 4) is 28.4 Å². The molecule has 2 aromatic heterocycles. The molecule has 1 saturated heterocycles. The molecule has 1 fully saturated rings. The van der Waals surface area contributed by atoms with Gasteiger partial charge in [0.05, 0.1) is 25.3 Å². The molecule has 3 amide bonds. The summed E-state index contributed by atoms with van der Waals surface area (Å²) in [5.74, 6) is 0.879. The fraction of sp³-hybridized carbons (Fsp3) is 0.303. The minimum atomic E-state index is -0.527. The molecule has 0 unspecified atom stereocenters. The highest BCUT2D eigenvalue weighted by molar-refractivity contribution is 5.95. The van der Waals surface area contributed by atoms with Crippen LogP contribution in [-0.2, 0) is 29.6 Å². The number of nitrogens with one attached hydrogen (secondary N) is 2. The summed E-state index contributed by atoms with van der Waals surface area (Å²) in [5, 5.41) is 10.1. The summed E-state index contributed by atoms with van der Waals surface area (Å²) in [6.07, 6.45) is 5.20. The van der Waals surface area contributed by atoms with E-state index in [4.69, 9.17) is 14.2 Å². The van der Waals surface area contributed by atoms with Crippen LogP contribution >= 0.6 is 0 Å². The van der Waals surface area contributed by atoms with Gasteiger partial charge in [0.25, 0.3) is 11.8 Å². The largest absolute Gasteiger partial charge is 0.496 e. The number of likely N-dealkylation sites (tertiary alicyclic amines) is 1. The Morgan fingerprint density at radius 2 is 1.89 bits per heavy atom. The van der Waals surface area contributed by atoms with Crippen molar-refractivity contribution >= 4 is 17.7 Å². The second-order valence-corrected chi connectivity index (χ2v) is 11.0. The smallest absolute Gasteiger partial charge is 0.258 e. The van der Waals surface area contributed by atoms with Crippen LogP contribution in [0.15, 0.2) is 73.2 Å². The first-order valence-electron chi connectivity index (χ1n) is 14.7. The summed E-state index contributed by atoms with van der Waals surface area (Å²) >= 11 is 0. The molecular formula is C33H34N6O6. The number of rotatable bonds is 4. The molecule has 12 heteroatoms. The fourth-order valence-corrected chi connectivity index (χ4v) is 5.53. The molecule has 3 aliphatic rings. The topological polar surface area (TPSA) is 137 Å². The van der Waals surface area contributed by atoms with Gasteiger partial charge in [-0.1, -0.05) is 12.1 Å². The van der Waals surface area contributed by atoms with Crippen molar-refractivity contribution in [1.29, 1.82) is 0 Å². The number of benzene rings is 2. The maximum Gasteiger partial charge on any atom is 0.258 e. The summed E-state index contributed by atoms with van der Waals surface area (Å²) in [6.45, 7) is 0.633. The number of methoxy groups -OCH3 is 1. The van der Waals surface area contributed by atoms with Gasteiger partial charge < -0.3 is 29.7 Å². The number of hydrogen-bond acceptors (Lipinski definition) is 8. The number of carbonyl (C=O) groups is 3. The van der Waals surface area contributed by atoms with E-state index < -0.39 is 12.1 Å². The van der Waals surface area contributed by atoms with Crippen LogP contribution < -0.4 is 24.8 Å². The predicted octanol–water partition coefficient (Wildman–Crippen LogP) is 2.52. The summed E-state index contributed by atoms with van der Waals surface area (Å²) in [7, 11) is 3.39. The van der Waals surface area contributed by atoms with Crippen molar-refractivity contribution in [3.05, 3.63) is 90.0 Å². The molecule has 5 heterocycles. The lowest BCUT2D eigenvalue weighted by Gasteiger charge is -2.22. The zero-order chi connectivity index (χ0) is 31.3. The lowest BCUT2D eigenvalue weighted by atomic mass is 10.1. The Morgan fingerprint density at radius 1 is 1.02 bits per heavy atom. The Hall–Kier alpha value is -5.39. The molecule has 12 nitrogen and oxygen atoms in total. The van der Waals surface area contributed by atoms with Gasteiger partial charge in [0.1, 0.15) is 23.4 Å². The summed E-state index contributed by atoms with van der Waals surface area (Å²) in [4.78, 5) is 45.5. The molecule has 2 N–H and O–H groups in total. The van der Waals surface area contributed by atoms with Crippen LogP contribution in [-0.4, -0.2) is 76.3 Å². The quantitative estimate of drug-likeness (QED) is 0.360. The Kier molecular flexibility index (Phi) is 8.63. The molecule has 2 aromatic carbocycles. The molecule has 0 spiro atoms. The zero-order valence-electron chi connectivity index (χ0n) is 25.1. The molecule has 232 valence electrons. The van der Waals surface area contributed by atoms with E-state index in [-0.39, 0.29) is 37.4 Å². The Labute approximate surface area is 260 Å². The maximum absolute atomic E-state index is 13.6. The third-order valence-corrected chi connectivity index (χ3v) is 8.01. The second-order valence-electron chi connectivity index (χ2n) is 11.0. The standard InChI is InChI=1S/C33H34N6O6/c1-38-25(10-11-36-38)7-9-32(41)39-18-28-30(19-39)45-27-8-6-22(29(14-27)43-2)17-35-31(40)20-44-26-5-3-4-21(13-26)23-12-24(16-34-15-23)33(42)37-28/h3-6,8,10-16,28,30H,7,9,17-20H2,1-2H3,(H,35,40)(H,37,42)/t28-,30-/m0/s1. The van der Waals surface area contributed by atoms with Crippen LogP contribution in [0.5, 0.6) is 17.2 Å². The maximum atomic E-state index is 13.6. The van der Waals surface area contributed by atoms with Gasteiger partial charge in [0.15, 0.2) is 6.61 Å². The molecule has 4 aromatic rings. The van der Waals surface area contributed by atoms with Crippen LogP contribution in [0.25, 0.3) is 11.1 Å². The first kappa shape index (κ1) is 29.7. The average Bonchev–Trinajstić information content (AvgIpc) is 3.66. The molecule has 0 aliphatic carbocycles. The summed E-state index contributed by atoms with van der Waals surface area (Å²) in [6, 6.07) is 15.7. The number of ether oxygens (including phenoxy) is 3. The van der Waals surface area contributed by atoms with E-state index in [2.05, 4.69) is 20.7 Å². The fourth-order valence-electron chi connectivity index (χ4n) is 5.53.